The fraction of sp³-hybridized carbons (Fsp3) is 0.280. The van der Waals surface area contributed by atoms with Crippen molar-refractivity contribution in [2.24, 2.45) is 5.92 Å². The summed E-state index contributed by atoms with van der Waals surface area (Å²) in [7, 11) is 0. The summed E-state index contributed by atoms with van der Waals surface area (Å²) < 4.78 is 32.4. The van der Waals surface area contributed by atoms with E-state index in [0.717, 1.165) is 28.0 Å². The van der Waals surface area contributed by atoms with Crippen molar-refractivity contribution in [2.75, 3.05) is 18.4 Å². The van der Waals surface area contributed by atoms with Gasteiger partial charge in [-0.25, -0.2) is 15.0 Å². The standard InChI is InChI=1S/C25H24F2N6O2/c1-15-32-20-7-6-17(19-12-30-25(31-13-19)29-11-16-8-23(34)28-10-16)9-21(20)33(15)14-18-4-2-3-5-22(18)35-24(26)27/h2-7,9,12-13,16,24H,8,10-11,14H2,1H3,(H,28,34)(H,29,30,31). The number of anilines is 1. The maximum absolute atomic E-state index is 12.8. The second kappa shape index (κ2) is 9.65. The Morgan fingerprint density at radius 3 is 2.71 bits per heavy atom. The van der Waals surface area contributed by atoms with E-state index < -0.39 is 6.61 Å². The van der Waals surface area contributed by atoms with Gasteiger partial charge in [0.15, 0.2) is 0 Å². The predicted molar refractivity (Wildman–Crippen MR) is 127 cm³/mol. The molecule has 5 rings (SSSR count). The largest absolute Gasteiger partial charge is 0.434 e. The minimum atomic E-state index is -2.89. The molecule has 2 aromatic heterocycles. The Labute approximate surface area is 200 Å². The first-order valence-electron chi connectivity index (χ1n) is 11.3. The van der Waals surface area contributed by atoms with Gasteiger partial charge in [0, 0.05) is 48.9 Å². The van der Waals surface area contributed by atoms with Crippen molar-refractivity contribution in [1.82, 2.24) is 24.8 Å². The van der Waals surface area contributed by atoms with Crippen molar-refractivity contribution in [3.63, 3.8) is 0 Å². The van der Waals surface area contributed by atoms with Gasteiger partial charge in [-0.05, 0) is 30.7 Å². The van der Waals surface area contributed by atoms with Crippen LogP contribution in [0.1, 0.15) is 17.8 Å². The van der Waals surface area contributed by atoms with Crippen molar-refractivity contribution in [1.29, 1.82) is 0 Å². The second-order valence-electron chi connectivity index (χ2n) is 8.49. The molecule has 1 saturated heterocycles. The number of aromatic nitrogens is 4. The van der Waals surface area contributed by atoms with Crippen LogP contribution >= 0.6 is 0 Å². The number of ether oxygens (including phenoxy) is 1. The number of nitrogens with zero attached hydrogens (tertiary/aromatic N) is 4. The zero-order valence-corrected chi connectivity index (χ0v) is 19.0. The number of rotatable bonds is 8. The van der Waals surface area contributed by atoms with E-state index in [9.17, 15) is 13.6 Å². The number of nitrogens with one attached hydrogen (secondary N) is 2. The van der Waals surface area contributed by atoms with E-state index >= 15 is 0 Å². The molecule has 35 heavy (non-hydrogen) atoms. The number of halogens is 2. The number of amides is 1. The van der Waals surface area contributed by atoms with Crippen LogP contribution in [0.3, 0.4) is 0 Å². The molecule has 1 aliphatic heterocycles. The van der Waals surface area contributed by atoms with Crippen LogP contribution in [0.4, 0.5) is 14.7 Å². The summed E-state index contributed by atoms with van der Waals surface area (Å²) in [6, 6.07) is 12.6. The van der Waals surface area contributed by atoms with Crippen molar-refractivity contribution >= 4 is 22.9 Å². The fourth-order valence-electron chi connectivity index (χ4n) is 4.25. The molecule has 2 N–H and O–H groups in total. The lowest BCUT2D eigenvalue weighted by molar-refractivity contribution is -0.119. The molecule has 1 atom stereocenters. The smallest absolute Gasteiger partial charge is 0.387 e. The van der Waals surface area contributed by atoms with Crippen molar-refractivity contribution in [3.05, 3.63) is 66.2 Å². The Kier molecular flexibility index (Phi) is 6.26. The topological polar surface area (TPSA) is 94.0 Å². The lowest BCUT2D eigenvalue weighted by Gasteiger charge is -2.13. The Balaban J connectivity index is 1.37. The monoisotopic (exact) mass is 478 g/mol. The number of carbonyl (C=O) groups excluding carboxylic acids is 1. The van der Waals surface area contributed by atoms with Crippen LogP contribution in [0, 0.1) is 12.8 Å². The van der Waals surface area contributed by atoms with Gasteiger partial charge >= 0.3 is 6.61 Å². The summed E-state index contributed by atoms with van der Waals surface area (Å²) in [4.78, 5) is 24.8. The number of alkyl halides is 2. The Morgan fingerprint density at radius 2 is 1.97 bits per heavy atom. The highest BCUT2D eigenvalue weighted by atomic mass is 19.3. The third-order valence-electron chi connectivity index (χ3n) is 6.05. The Hall–Kier alpha value is -4.08. The SMILES string of the molecule is Cc1nc2ccc(-c3cnc(NCC4CNC(=O)C4)nc3)cc2n1Cc1ccccc1OC(F)F. The van der Waals surface area contributed by atoms with Crippen molar-refractivity contribution in [2.45, 2.75) is 26.5 Å². The first-order chi connectivity index (χ1) is 17.0. The van der Waals surface area contributed by atoms with Gasteiger partial charge in [-0.2, -0.15) is 8.78 Å². The third-order valence-corrected chi connectivity index (χ3v) is 6.05. The zero-order valence-electron chi connectivity index (χ0n) is 19.0. The summed E-state index contributed by atoms with van der Waals surface area (Å²) in [5.74, 6) is 1.72. The second-order valence-corrected chi connectivity index (χ2v) is 8.49. The van der Waals surface area contributed by atoms with Gasteiger partial charge in [-0.3, -0.25) is 4.79 Å². The molecule has 4 aromatic rings. The zero-order chi connectivity index (χ0) is 24.4. The van der Waals surface area contributed by atoms with Gasteiger partial charge in [0.2, 0.25) is 11.9 Å². The molecule has 0 saturated carbocycles. The average Bonchev–Trinajstić information content (AvgIpc) is 3.40. The highest BCUT2D eigenvalue weighted by molar-refractivity contribution is 5.82. The average molecular weight is 479 g/mol. The quantitative estimate of drug-likeness (QED) is 0.398. The summed E-state index contributed by atoms with van der Waals surface area (Å²) in [6.07, 6.45) is 4.00. The third kappa shape index (κ3) is 5.06. The predicted octanol–water partition coefficient (Wildman–Crippen LogP) is 4.00. The van der Waals surface area contributed by atoms with Gasteiger partial charge < -0.3 is 19.9 Å². The maximum Gasteiger partial charge on any atom is 0.387 e. The Morgan fingerprint density at radius 1 is 1.17 bits per heavy atom. The van der Waals surface area contributed by atoms with Crippen LogP contribution in [-0.4, -0.2) is 45.1 Å². The van der Waals surface area contributed by atoms with Gasteiger partial charge in [-0.15, -0.1) is 0 Å². The molecule has 1 unspecified atom stereocenters. The molecule has 180 valence electrons. The van der Waals surface area contributed by atoms with Gasteiger partial charge in [-0.1, -0.05) is 24.3 Å². The number of fused-ring (bicyclic) bond motifs is 1. The lowest BCUT2D eigenvalue weighted by Crippen LogP contribution is -2.18. The number of hydrogen-bond acceptors (Lipinski definition) is 6. The molecule has 1 amide bonds. The molecule has 1 aliphatic rings. The van der Waals surface area contributed by atoms with Crippen LogP contribution in [0.15, 0.2) is 54.9 Å². The lowest BCUT2D eigenvalue weighted by atomic mass is 10.1. The highest BCUT2D eigenvalue weighted by Gasteiger charge is 2.21. The molecule has 0 radical (unpaired) electrons. The number of aryl methyl sites for hydroxylation is 1. The summed E-state index contributed by atoms with van der Waals surface area (Å²) >= 11 is 0. The van der Waals surface area contributed by atoms with Crippen LogP contribution in [0.2, 0.25) is 0 Å². The molecule has 0 bridgehead atoms. The van der Waals surface area contributed by atoms with Crippen LogP contribution < -0.4 is 15.4 Å². The van der Waals surface area contributed by atoms with E-state index in [1.54, 1.807) is 30.6 Å². The van der Waals surface area contributed by atoms with Crippen molar-refractivity contribution in [3.8, 4) is 16.9 Å². The summed E-state index contributed by atoms with van der Waals surface area (Å²) in [6.45, 7) is 0.618. The molecule has 8 nitrogen and oxygen atoms in total. The van der Waals surface area contributed by atoms with E-state index in [2.05, 4.69) is 25.6 Å². The molecule has 0 aliphatic carbocycles. The normalized spacial score (nSPS) is 15.5. The molecule has 2 aromatic carbocycles. The summed E-state index contributed by atoms with van der Waals surface area (Å²) in [5.41, 5.74) is 4.05. The first-order valence-corrected chi connectivity index (χ1v) is 11.3. The number of benzene rings is 2. The minimum absolute atomic E-state index is 0.0722. The van der Waals surface area contributed by atoms with E-state index in [4.69, 9.17) is 4.74 Å². The molecule has 0 spiro atoms. The number of carbonyl (C=O) groups is 1. The van der Waals surface area contributed by atoms with E-state index in [0.29, 0.717) is 37.6 Å². The van der Waals surface area contributed by atoms with Crippen molar-refractivity contribution < 1.29 is 18.3 Å². The maximum atomic E-state index is 12.8. The number of imidazole rings is 1. The van der Waals surface area contributed by atoms with Gasteiger partial charge in [0.05, 0.1) is 17.6 Å². The number of hydrogen-bond donors (Lipinski definition) is 2. The summed E-state index contributed by atoms with van der Waals surface area (Å²) in [5, 5.41) is 6.00. The van der Waals surface area contributed by atoms with Gasteiger partial charge in [0.1, 0.15) is 11.6 Å². The molecule has 10 heteroatoms. The van der Waals surface area contributed by atoms with E-state index in [1.807, 2.05) is 29.7 Å². The van der Waals surface area contributed by atoms with Crippen LogP contribution in [0.25, 0.3) is 22.2 Å². The minimum Gasteiger partial charge on any atom is -0.434 e. The fourth-order valence-corrected chi connectivity index (χ4v) is 4.25. The Bertz CT molecular complexity index is 1360. The van der Waals surface area contributed by atoms with Gasteiger partial charge in [0.25, 0.3) is 0 Å². The van der Waals surface area contributed by atoms with Crippen LogP contribution in [0.5, 0.6) is 5.75 Å². The molecule has 1 fully saturated rings. The number of para-hydroxylation sites is 1. The van der Waals surface area contributed by atoms with Crippen LogP contribution in [-0.2, 0) is 11.3 Å². The molecular weight excluding hydrogens is 454 g/mol. The first kappa shape index (κ1) is 22.7. The molecule has 3 heterocycles. The van der Waals surface area contributed by atoms with E-state index in [-0.39, 0.29) is 17.6 Å². The molecular formula is C25H24F2N6O2. The van der Waals surface area contributed by atoms with E-state index in [1.165, 1.54) is 6.07 Å². The highest BCUT2D eigenvalue weighted by Crippen LogP contribution is 2.28.